The van der Waals surface area contributed by atoms with E-state index < -0.39 is 8.56 Å². The van der Waals surface area contributed by atoms with Crippen molar-refractivity contribution in [3.63, 3.8) is 0 Å². The molecule has 6 heteroatoms. The van der Waals surface area contributed by atoms with E-state index >= 15 is 0 Å². The fourth-order valence-corrected chi connectivity index (χ4v) is 6.19. The molecule has 5 nitrogen and oxygen atoms in total. The van der Waals surface area contributed by atoms with Crippen LogP contribution in [0.1, 0.15) is 26.2 Å². The maximum absolute atomic E-state index is 5.99. The van der Waals surface area contributed by atoms with Gasteiger partial charge < -0.3 is 23.6 Å². The zero-order chi connectivity index (χ0) is 18.8. The van der Waals surface area contributed by atoms with Crippen molar-refractivity contribution < 1.29 is 8.85 Å². The summed E-state index contributed by atoms with van der Waals surface area (Å²) in [6.45, 7) is 5.56. The van der Waals surface area contributed by atoms with Gasteiger partial charge in [-0.15, -0.1) is 0 Å². The molecule has 0 aliphatic heterocycles. The summed E-state index contributed by atoms with van der Waals surface area (Å²) < 4.78 is 12.0. The minimum absolute atomic E-state index is 0.271. The Labute approximate surface area is 152 Å². The Morgan fingerprint density at radius 3 is 1.25 bits per heavy atom. The van der Waals surface area contributed by atoms with Crippen LogP contribution in [-0.2, 0) is 8.85 Å². The minimum Gasteiger partial charge on any atom is -0.398 e. The molecular formula is C18H43N3O2Si. The molecule has 0 spiro atoms. The Kier molecular flexibility index (Phi) is 11.6. The van der Waals surface area contributed by atoms with Gasteiger partial charge in [0.2, 0.25) is 0 Å². The summed E-state index contributed by atoms with van der Waals surface area (Å²) in [5.74, 6) is 0. The molecule has 0 aromatic heterocycles. The van der Waals surface area contributed by atoms with E-state index in [0.717, 1.165) is 31.7 Å². The standard InChI is InChI=1S/C18H43N3O2Si/c1-10-24(22-8,23-9)17-18(11-14-19(2)3,12-15-20(4)5)13-16-21(6)7/h10-17H2,1-9H3. The average molecular weight is 362 g/mol. The topological polar surface area (TPSA) is 28.2 Å². The van der Waals surface area contributed by atoms with Crippen LogP contribution in [-0.4, -0.2) is 99.4 Å². The fourth-order valence-electron chi connectivity index (χ4n) is 3.24. The van der Waals surface area contributed by atoms with Crippen LogP contribution >= 0.6 is 0 Å². The maximum Gasteiger partial charge on any atom is 0.337 e. The van der Waals surface area contributed by atoms with Crippen molar-refractivity contribution in [1.82, 2.24) is 14.7 Å². The number of nitrogens with zero attached hydrogens (tertiary/aromatic N) is 3. The van der Waals surface area contributed by atoms with Gasteiger partial charge in [0.05, 0.1) is 0 Å². The lowest BCUT2D eigenvalue weighted by Crippen LogP contribution is -2.47. The second kappa shape index (κ2) is 11.6. The summed E-state index contributed by atoms with van der Waals surface area (Å²) in [5, 5.41) is 0. The number of rotatable bonds is 14. The Balaban J connectivity index is 5.47. The Morgan fingerprint density at radius 1 is 0.708 bits per heavy atom. The van der Waals surface area contributed by atoms with Crippen molar-refractivity contribution in [3.8, 4) is 0 Å². The van der Waals surface area contributed by atoms with Crippen LogP contribution in [0.4, 0.5) is 0 Å². The highest BCUT2D eigenvalue weighted by molar-refractivity contribution is 6.67. The molecule has 0 atom stereocenters. The summed E-state index contributed by atoms with van der Waals surface area (Å²) in [5.41, 5.74) is 0.271. The van der Waals surface area contributed by atoms with E-state index in [0.29, 0.717) is 0 Å². The highest BCUT2D eigenvalue weighted by atomic mass is 28.4. The molecule has 0 aliphatic rings. The van der Waals surface area contributed by atoms with Gasteiger partial charge in [-0.25, -0.2) is 0 Å². The number of hydrogen-bond acceptors (Lipinski definition) is 5. The molecule has 0 saturated carbocycles. The first-order valence-corrected chi connectivity index (χ1v) is 11.4. The van der Waals surface area contributed by atoms with E-state index in [-0.39, 0.29) is 5.41 Å². The highest BCUT2D eigenvalue weighted by Crippen LogP contribution is 2.41. The molecule has 0 saturated heterocycles. The summed E-state index contributed by atoms with van der Waals surface area (Å²) in [6.07, 6.45) is 3.59. The zero-order valence-corrected chi connectivity index (χ0v) is 18.8. The van der Waals surface area contributed by atoms with Crippen LogP contribution in [0.3, 0.4) is 0 Å². The summed E-state index contributed by atoms with van der Waals surface area (Å²) in [6, 6.07) is 2.09. The van der Waals surface area contributed by atoms with Crippen LogP contribution in [0.5, 0.6) is 0 Å². The van der Waals surface area contributed by atoms with Gasteiger partial charge in [-0.2, -0.15) is 0 Å². The smallest absolute Gasteiger partial charge is 0.337 e. The molecule has 0 aromatic rings. The van der Waals surface area contributed by atoms with Crippen LogP contribution in [0.2, 0.25) is 12.1 Å². The van der Waals surface area contributed by atoms with E-state index in [1.54, 1.807) is 0 Å². The third-order valence-electron chi connectivity index (χ3n) is 5.20. The molecule has 0 unspecified atom stereocenters. The summed E-state index contributed by atoms with van der Waals surface area (Å²) in [7, 11) is 14.6. The molecule has 146 valence electrons. The molecule has 0 radical (unpaired) electrons. The van der Waals surface area contributed by atoms with Crippen molar-refractivity contribution in [2.45, 2.75) is 38.3 Å². The van der Waals surface area contributed by atoms with Gasteiger partial charge in [0.15, 0.2) is 0 Å². The molecule has 0 N–H and O–H groups in total. The second-order valence-electron chi connectivity index (χ2n) is 8.01. The lowest BCUT2D eigenvalue weighted by molar-refractivity contribution is 0.147. The van der Waals surface area contributed by atoms with Crippen LogP contribution in [0.25, 0.3) is 0 Å². The number of hydrogen-bond donors (Lipinski definition) is 0. The second-order valence-corrected chi connectivity index (χ2v) is 11.7. The Hall–Kier alpha value is 0.0169. The van der Waals surface area contributed by atoms with E-state index in [9.17, 15) is 0 Å². The first-order chi connectivity index (χ1) is 11.1. The molecular weight excluding hydrogens is 318 g/mol. The SMILES string of the molecule is CC[Si](CC(CCN(C)C)(CCN(C)C)CCN(C)C)(OC)OC. The van der Waals surface area contributed by atoms with Crippen LogP contribution in [0.15, 0.2) is 0 Å². The van der Waals surface area contributed by atoms with Crippen molar-refractivity contribution in [3.05, 3.63) is 0 Å². The van der Waals surface area contributed by atoms with Gasteiger partial charge in [-0.1, -0.05) is 6.92 Å². The minimum atomic E-state index is -2.12. The summed E-state index contributed by atoms with van der Waals surface area (Å²) in [4.78, 5) is 6.90. The van der Waals surface area contributed by atoms with Crippen LogP contribution in [0, 0.1) is 5.41 Å². The van der Waals surface area contributed by atoms with Crippen molar-refractivity contribution in [2.75, 3.05) is 76.1 Å². The van der Waals surface area contributed by atoms with Crippen molar-refractivity contribution in [2.24, 2.45) is 5.41 Å². The molecule has 0 aliphatic carbocycles. The predicted molar refractivity (Wildman–Crippen MR) is 107 cm³/mol. The van der Waals surface area contributed by atoms with E-state index in [1.165, 1.54) is 19.3 Å². The van der Waals surface area contributed by atoms with Crippen LogP contribution < -0.4 is 0 Å². The lowest BCUT2D eigenvalue weighted by atomic mass is 9.79. The van der Waals surface area contributed by atoms with E-state index in [4.69, 9.17) is 8.85 Å². The third kappa shape index (κ3) is 8.92. The lowest BCUT2D eigenvalue weighted by Gasteiger charge is -2.42. The van der Waals surface area contributed by atoms with E-state index in [2.05, 4.69) is 63.9 Å². The van der Waals surface area contributed by atoms with Gasteiger partial charge in [0.1, 0.15) is 0 Å². The largest absolute Gasteiger partial charge is 0.398 e. The summed E-state index contributed by atoms with van der Waals surface area (Å²) >= 11 is 0. The molecule has 0 rings (SSSR count). The Morgan fingerprint density at radius 2 is 1.04 bits per heavy atom. The first-order valence-electron chi connectivity index (χ1n) is 9.19. The molecule has 0 fully saturated rings. The monoisotopic (exact) mass is 361 g/mol. The quantitative estimate of drug-likeness (QED) is 0.444. The maximum atomic E-state index is 5.99. The van der Waals surface area contributed by atoms with Crippen molar-refractivity contribution in [1.29, 1.82) is 0 Å². The van der Waals surface area contributed by atoms with Gasteiger partial charge in [0, 0.05) is 14.2 Å². The fraction of sp³-hybridized carbons (Fsp3) is 1.00. The van der Waals surface area contributed by atoms with Gasteiger partial charge in [-0.3, -0.25) is 0 Å². The normalized spacial score (nSPS) is 13.5. The average Bonchev–Trinajstić information content (AvgIpc) is 2.53. The highest BCUT2D eigenvalue weighted by Gasteiger charge is 2.43. The zero-order valence-electron chi connectivity index (χ0n) is 17.8. The van der Waals surface area contributed by atoms with Gasteiger partial charge in [0.25, 0.3) is 0 Å². The Bertz CT molecular complexity index is 282. The van der Waals surface area contributed by atoms with Crippen molar-refractivity contribution >= 4 is 8.56 Å². The molecule has 0 heterocycles. The molecule has 0 bridgehead atoms. The van der Waals surface area contributed by atoms with Gasteiger partial charge in [-0.05, 0) is 98.7 Å². The molecule has 0 amide bonds. The molecule has 24 heavy (non-hydrogen) atoms. The van der Waals surface area contributed by atoms with Gasteiger partial charge >= 0.3 is 8.56 Å². The molecule has 0 aromatic carbocycles. The predicted octanol–water partition coefficient (Wildman–Crippen LogP) is 2.58. The first kappa shape index (κ1) is 24.0. The third-order valence-corrected chi connectivity index (χ3v) is 9.05. The van der Waals surface area contributed by atoms with E-state index in [1.807, 2.05) is 14.2 Å².